The van der Waals surface area contributed by atoms with Gasteiger partial charge in [-0.1, -0.05) is 23.7 Å². The first-order valence-corrected chi connectivity index (χ1v) is 8.25. The minimum atomic E-state index is -0.808. The van der Waals surface area contributed by atoms with E-state index in [1.165, 1.54) is 26.2 Å². The first-order chi connectivity index (χ1) is 12.8. The third-order valence-corrected chi connectivity index (χ3v) is 4.23. The molecule has 3 rings (SSSR count). The van der Waals surface area contributed by atoms with Crippen molar-refractivity contribution < 1.29 is 28.7 Å². The Hall–Kier alpha value is -3.19. The highest BCUT2D eigenvalue weighted by atomic mass is 35.5. The number of carbonyl (C=O) groups excluding carboxylic acids is 4. The van der Waals surface area contributed by atoms with Crippen molar-refractivity contribution in [2.75, 3.05) is 18.6 Å². The molecule has 1 aliphatic heterocycles. The molecule has 8 heteroatoms. The van der Waals surface area contributed by atoms with Crippen LogP contribution >= 0.6 is 11.6 Å². The zero-order valence-corrected chi connectivity index (χ0v) is 15.2. The Morgan fingerprint density at radius 2 is 1.67 bits per heavy atom. The van der Waals surface area contributed by atoms with E-state index >= 15 is 0 Å². The van der Waals surface area contributed by atoms with Crippen molar-refractivity contribution in [1.82, 2.24) is 0 Å². The van der Waals surface area contributed by atoms with Gasteiger partial charge in [0.2, 0.25) is 0 Å². The summed E-state index contributed by atoms with van der Waals surface area (Å²) >= 11 is 6.24. The van der Waals surface area contributed by atoms with Gasteiger partial charge in [-0.2, -0.15) is 0 Å². The quantitative estimate of drug-likeness (QED) is 0.578. The molecule has 1 heterocycles. The van der Waals surface area contributed by atoms with E-state index in [0.717, 1.165) is 4.90 Å². The molecule has 0 fully saturated rings. The van der Waals surface area contributed by atoms with Crippen molar-refractivity contribution in [2.24, 2.45) is 0 Å². The maximum atomic E-state index is 12.6. The maximum absolute atomic E-state index is 12.6. The first-order valence-electron chi connectivity index (χ1n) is 7.87. The molecule has 1 aliphatic rings. The number of amides is 2. The molecule has 2 amide bonds. The lowest BCUT2D eigenvalue weighted by molar-refractivity contribution is -0.120. The number of esters is 1. The monoisotopic (exact) mass is 387 g/mol. The topological polar surface area (TPSA) is 90.0 Å². The van der Waals surface area contributed by atoms with Crippen molar-refractivity contribution in [3.05, 3.63) is 58.1 Å². The van der Waals surface area contributed by atoms with Crippen molar-refractivity contribution in [3.63, 3.8) is 0 Å². The Bertz CT molecular complexity index is 949. The highest BCUT2D eigenvalue weighted by molar-refractivity contribution is 6.40. The second kappa shape index (κ2) is 7.20. The van der Waals surface area contributed by atoms with E-state index in [-0.39, 0.29) is 45.5 Å². The van der Waals surface area contributed by atoms with Crippen LogP contribution in [0.3, 0.4) is 0 Å². The van der Waals surface area contributed by atoms with Crippen LogP contribution in [0.4, 0.5) is 5.69 Å². The molecule has 0 aliphatic carbocycles. The summed E-state index contributed by atoms with van der Waals surface area (Å²) in [6.45, 7) is 0.891. The zero-order chi connectivity index (χ0) is 19.7. The molecular weight excluding hydrogens is 374 g/mol. The number of hydrogen-bond donors (Lipinski definition) is 0. The molecule has 0 N–H and O–H groups in total. The fourth-order valence-corrected chi connectivity index (χ4v) is 2.94. The highest BCUT2D eigenvalue weighted by Crippen LogP contribution is 2.37. The molecule has 0 atom stereocenters. The van der Waals surface area contributed by atoms with Crippen LogP contribution in [0.15, 0.2) is 36.4 Å². The third-order valence-electron chi connectivity index (χ3n) is 3.93. The van der Waals surface area contributed by atoms with Gasteiger partial charge in [0.1, 0.15) is 17.9 Å². The Labute approximate surface area is 159 Å². The Kier molecular flexibility index (Phi) is 4.96. The number of ether oxygens (including phenoxy) is 2. The number of benzene rings is 2. The molecule has 0 bridgehead atoms. The summed E-state index contributed by atoms with van der Waals surface area (Å²) in [5.74, 6) is -2.12. The molecule has 138 valence electrons. The van der Waals surface area contributed by atoms with Crippen LogP contribution in [0.5, 0.6) is 5.75 Å². The van der Waals surface area contributed by atoms with E-state index in [9.17, 15) is 19.2 Å². The zero-order valence-electron chi connectivity index (χ0n) is 14.4. The van der Waals surface area contributed by atoms with Gasteiger partial charge in [0.25, 0.3) is 11.8 Å². The van der Waals surface area contributed by atoms with E-state index in [2.05, 4.69) is 0 Å². The van der Waals surface area contributed by atoms with E-state index in [4.69, 9.17) is 21.1 Å². The number of rotatable bonds is 5. The van der Waals surface area contributed by atoms with Gasteiger partial charge in [0.05, 0.1) is 28.9 Å². The number of imide groups is 1. The summed E-state index contributed by atoms with van der Waals surface area (Å²) < 4.78 is 10.1. The number of carbonyl (C=O) groups is 4. The fourth-order valence-electron chi connectivity index (χ4n) is 2.70. The molecule has 0 radical (unpaired) electrons. The van der Waals surface area contributed by atoms with Crippen LogP contribution in [-0.2, 0) is 9.53 Å². The predicted molar refractivity (Wildman–Crippen MR) is 96.5 cm³/mol. The van der Waals surface area contributed by atoms with Crippen molar-refractivity contribution in [2.45, 2.75) is 6.92 Å². The largest absolute Gasteiger partial charge is 0.496 e. The van der Waals surface area contributed by atoms with Gasteiger partial charge in [-0.25, -0.2) is 9.69 Å². The van der Waals surface area contributed by atoms with E-state index in [1.807, 2.05) is 0 Å². The summed E-state index contributed by atoms with van der Waals surface area (Å²) in [5, 5.41) is -0.0138. The van der Waals surface area contributed by atoms with Crippen molar-refractivity contribution in [3.8, 4) is 5.75 Å². The Morgan fingerprint density at radius 1 is 1.07 bits per heavy atom. The minimum Gasteiger partial charge on any atom is -0.496 e. The number of anilines is 1. The van der Waals surface area contributed by atoms with Crippen molar-refractivity contribution in [1.29, 1.82) is 0 Å². The summed E-state index contributed by atoms with van der Waals surface area (Å²) in [7, 11) is 1.32. The summed E-state index contributed by atoms with van der Waals surface area (Å²) in [6, 6.07) is 8.96. The van der Waals surface area contributed by atoms with Gasteiger partial charge in [0, 0.05) is 6.07 Å². The van der Waals surface area contributed by atoms with Crippen LogP contribution in [0.2, 0.25) is 5.02 Å². The number of halogens is 1. The van der Waals surface area contributed by atoms with Gasteiger partial charge in [-0.15, -0.1) is 0 Å². The van der Waals surface area contributed by atoms with Gasteiger partial charge < -0.3 is 9.47 Å². The smallest absolute Gasteiger partial charge is 0.342 e. The lowest BCUT2D eigenvalue weighted by Crippen LogP contribution is -2.29. The molecule has 0 unspecified atom stereocenters. The normalized spacial score (nSPS) is 12.8. The summed E-state index contributed by atoms with van der Waals surface area (Å²) in [5.41, 5.74) is 0.594. The molecule has 7 nitrogen and oxygen atoms in total. The second-order valence-electron chi connectivity index (χ2n) is 5.77. The Morgan fingerprint density at radius 3 is 2.19 bits per heavy atom. The predicted octanol–water partition coefficient (Wildman–Crippen LogP) is 2.90. The highest BCUT2D eigenvalue weighted by Gasteiger charge is 2.38. The van der Waals surface area contributed by atoms with E-state index in [0.29, 0.717) is 0 Å². The first kappa shape index (κ1) is 18.6. The summed E-state index contributed by atoms with van der Waals surface area (Å²) in [4.78, 5) is 49.3. The summed E-state index contributed by atoms with van der Waals surface area (Å²) in [6.07, 6.45) is 0. The number of fused-ring (bicyclic) bond motifs is 1. The maximum Gasteiger partial charge on any atom is 0.342 e. The number of methoxy groups -OCH3 is 1. The number of Topliss-reactive ketones (excluding diaryl/α,β-unsaturated/α-hetero) is 1. The molecular formula is C19H14ClNO6. The molecule has 0 saturated carbocycles. The van der Waals surface area contributed by atoms with Gasteiger partial charge >= 0.3 is 5.97 Å². The van der Waals surface area contributed by atoms with Crippen LogP contribution in [0.25, 0.3) is 0 Å². The molecule has 0 aromatic heterocycles. The number of nitrogens with zero attached hydrogens (tertiary/aromatic N) is 1. The number of ketones is 1. The van der Waals surface area contributed by atoms with E-state index in [1.54, 1.807) is 24.3 Å². The fraction of sp³-hybridized carbons (Fsp3) is 0.158. The molecule has 2 aromatic rings. The second-order valence-corrected chi connectivity index (χ2v) is 6.18. The van der Waals surface area contributed by atoms with Crippen molar-refractivity contribution >= 4 is 40.9 Å². The average Bonchev–Trinajstić information content (AvgIpc) is 2.91. The Balaban J connectivity index is 2.01. The lowest BCUT2D eigenvalue weighted by atomic mass is 10.1. The van der Waals surface area contributed by atoms with Gasteiger partial charge in [-0.3, -0.25) is 14.4 Å². The van der Waals surface area contributed by atoms with Crippen LogP contribution in [0, 0.1) is 0 Å². The van der Waals surface area contributed by atoms with Crippen LogP contribution in [-0.4, -0.2) is 37.3 Å². The minimum absolute atomic E-state index is 0.0138. The van der Waals surface area contributed by atoms with E-state index < -0.39 is 17.8 Å². The van der Waals surface area contributed by atoms with Gasteiger partial charge in [-0.05, 0) is 25.1 Å². The van der Waals surface area contributed by atoms with Crippen LogP contribution < -0.4 is 9.64 Å². The third kappa shape index (κ3) is 3.29. The molecule has 2 aromatic carbocycles. The SMILES string of the molecule is COc1cc(N2C(=O)c3ccccc3C2=O)c(Cl)cc1C(=O)OCC(C)=O. The van der Waals surface area contributed by atoms with Gasteiger partial charge in [0.15, 0.2) is 5.78 Å². The number of hydrogen-bond acceptors (Lipinski definition) is 6. The standard InChI is InChI=1S/C19H14ClNO6/c1-10(22)9-27-19(25)13-7-14(20)15(8-16(13)26-2)21-17(23)11-5-3-4-6-12(11)18(21)24/h3-8H,9H2,1-2H3. The molecule has 0 spiro atoms. The van der Waals surface area contributed by atoms with Crippen LogP contribution in [0.1, 0.15) is 38.0 Å². The average molecular weight is 388 g/mol. The molecule has 0 saturated heterocycles. The lowest BCUT2D eigenvalue weighted by Gasteiger charge is -2.18. The molecule has 27 heavy (non-hydrogen) atoms.